The van der Waals surface area contributed by atoms with E-state index >= 15 is 0 Å². The molecule has 2 rings (SSSR count). The minimum Gasteiger partial charge on any atom is -0.489 e. The van der Waals surface area contributed by atoms with Gasteiger partial charge >= 0.3 is 0 Å². The van der Waals surface area contributed by atoms with E-state index in [9.17, 15) is 0 Å². The number of hydrogen-bond donors (Lipinski definition) is 1. The SMILES string of the molecule is CC(C)OCCOc1ccccc1N1CCCNCC1. The second-order valence-corrected chi connectivity index (χ2v) is 5.33. The van der Waals surface area contributed by atoms with E-state index in [-0.39, 0.29) is 6.10 Å². The van der Waals surface area contributed by atoms with Crippen LogP contribution in [0.15, 0.2) is 24.3 Å². The summed E-state index contributed by atoms with van der Waals surface area (Å²) in [5.41, 5.74) is 1.20. The van der Waals surface area contributed by atoms with Crippen molar-refractivity contribution in [2.45, 2.75) is 26.4 Å². The fourth-order valence-electron chi connectivity index (χ4n) is 2.36. The molecule has 0 aliphatic carbocycles. The normalized spacial score (nSPS) is 16.2. The minimum absolute atomic E-state index is 0.255. The van der Waals surface area contributed by atoms with E-state index in [0.717, 1.165) is 31.9 Å². The maximum absolute atomic E-state index is 5.89. The van der Waals surface area contributed by atoms with E-state index in [1.807, 2.05) is 26.0 Å². The van der Waals surface area contributed by atoms with Gasteiger partial charge < -0.3 is 19.7 Å². The molecule has 0 spiro atoms. The molecule has 0 radical (unpaired) electrons. The van der Waals surface area contributed by atoms with Crippen molar-refractivity contribution in [3.05, 3.63) is 24.3 Å². The van der Waals surface area contributed by atoms with Crippen LogP contribution in [0.3, 0.4) is 0 Å². The Morgan fingerprint density at radius 1 is 1.15 bits per heavy atom. The Hall–Kier alpha value is -1.26. The van der Waals surface area contributed by atoms with Gasteiger partial charge in [-0.05, 0) is 38.9 Å². The fraction of sp³-hybridized carbons (Fsp3) is 0.625. The largest absolute Gasteiger partial charge is 0.489 e. The molecule has 1 fully saturated rings. The Labute approximate surface area is 122 Å². The highest BCUT2D eigenvalue weighted by molar-refractivity contribution is 5.58. The van der Waals surface area contributed by atoms with Crippen molar-refractivity contribution in [3.8, 4) is 5.75 Å². The lowest BCUT2D eigenvalue weighted by Gasteiger charge is -2.25. The van der Waals surface area contributed by atoms with Crippen LogP contribution >= 0.6 is 0 Å². The predicted octanol–water partition coefficient (Wildman–Crippen LogP) is 2.29. The highest BCUT2D eigenvalue weighted by Gasteiger charge is 2.13. The molecule has 4 heteroatoms. The lowest BCUT2D eigenvalue weighted by molar-refractivity contribution is 0.0553. The summed E-state index contributed by atoms with van der Waals surface area (Å²) >= 11 is 0. The van der Waals surface area contributed by atoms with Gasteiger partial charge in [-0.25, -0.2) is 0 Å². The van der Waals surface area contributed by atoms with Gasteiger partial charge in [0.25, 0.3) is 0 Å². The molecular weight excluding hydrogens is 252 g/mol. The van der Waals surface area contributed by atoms with Gasteiger partial charge in [-0.2, -0.15) is 0 Å². The molecule has 1 N–H and O–H groups in total. The van der Waals surface area contributed by atoms with E-state index < -0.39 is 0 Å². The second kappa shape index (κ2) is 8.12. The predicted molar refractivity (Wildman–Crippen MR) is 82.7 cm³/mol. The standard InChI is InChI=1S/C16H26N2O2/c1-14(2)19-12-13-20-16-7-4-3-6-15(16)18-10-5-8-17-9-11-18/h3-4,6-7,14,17H,5,8-13H2,1-2H3. The lowest BCUT2D eigenvalue weighted by atomic mass is 10.2. The summed E-state index contributed by atoms with van der Waals surface area (Å²) in [4.78, 5) is 2.40. The molecular formula is C16H26N2O2. The van der Waals surface area contributed by atoms with Crippen LogP contribution in [0.2, 0.25) is 0 Å². The van der Waals surface area contributed by atoms with Crippen LogP contribution in [0.5, 0.6) is 5.75 Å². The first kappa shape index (κ1) is 15.1. The van der Waals surface area contributed by atoms with Crippen LogP contribution in [0, 0.1) is 0 Å². The van der Waals surface area contributed by atoms with Crippen molar-refractivity contribution in [3.63, 3.8) is 0 Å². The summed E-state index contributed by atoms with van der Waals surface area (Å²) < 4.78 is 11.4. The van der Waals surface area contributed by atoms with Crippen molar-refractivity contribution >= 4 is 5.69 Å². The van der Waals surface area contributed by atoms with Gasteiger partial charge in [-0.1, -0.05) is 12.1 Å². The maximum atomic E-state index is 5.89. The van der Waals surface area contributed by atoms with E-state index in [2.05, 4.69) is 22.3 Å². The second-order valence-electron chi connectivity index (χ2n) is 5.33. The average Bonchev–Trinajstić information content (AvgIpc) is 2.73. The minimum atomic E-state index is 0.255. The number of anilines is 1. The summed E-state index contributed by atoms with van der Waals surface area (Å²) in [5.74, 6) is 0.960. The molecule has 112 valence electrons. The van der Waals surface area contributed by atoms with E-state index in [1.54, 1.807) is 0 Å². The highest BCUT2D eigenvalue weighted by atomic mass is 16.5. The highest BCUT2D eigenvalue weighted by Crippen LogP contribution is 2.28. The monoisotopic (exact) mass is 278 g/mol. The van der Waals surface area contributed by atoms with Crippen LogP contribution in [-0.4, -0.2) is 45.5 Å². The van der Waals surface area contributed by atoms with Crippen molar-refractivity contribution < 1.29 is 9.47 Å². The van der Waals surface area contributed by atoms with Gasteiger partial charge in [0.2, 0.25) is 0 Å². The van der Waals surface area contributed by atoms with Crippen LogP contribution in [-0.2, 0) is 4.74 Å². The Bertz CT molecular complexity index is 388. The first-order valence-corrected chi connectivity index (χ1v) is 7.56. The molecule has 4 nitrogen and oxygen atoms in total. The first-order chi connectivity index (χ1) is 9.77. The average molecular weight is 278 g/mol. The third-order valence-corrected chi connectivity index (χ3v) is 3.34. The third-order valence-electron chi connectivity index (χ3n) is 3.34. The summed E-state index contributed by atoms with van der Waals surface area (Å²) in [6.45, 7) is 9.55. The van der Waals surface area contributed by atoms with Gasteiger partial charge in [0.1, 0.15) is 12.4 Å². The Balaban J connectivity index is 1.94. The number of nitrogens with one attached hydrogen (secondary N) is 1. The molecule has 0 atom stereocenters. The molecule has 0 saturated carbocycles. The topological polar surface area (TPSA) is 33.7 Å². The zero-order valence-corrected chi connectivity index (χ0v) is 12.6. The van der Waals surface area contributed by atoms with Gasteiger partial charge in [-0.15, -0.1) is 0 Å². The zero-order chi connectivity index (χ0) is 14.2. The number of hydrogen-bond acceptors (Lipinski definition) is 4. The van der Waals surface area contributed by atoms with Crippen molar-refractivity contribution in [1.29, 1.82) is 0 Å². The molecule has 1 heterocycles. The Morgan fingerprint density at radius 3 is 2.85 bits per heavy atom. The van der Waals surface area contributed by atoms with Crippen LogP contribution < -0.4 is 15.0 Å². The Morgan fingerprint density at radius 2 is 2.00 bits per heavy atom. The molecule has 1 saturated heterocycles. The summed E-state index contributed by atoms with van der Waals surface area (Å²) in [5, 5.41) is 3.43. The molecule has 0 bridgehead atoms. The lowest BCUT2D eigenvalue weighted by Crippen LogP contribution is -2.28. The summed E-state index contributed by atoms with van der Waals surface area (Å²) in [6, 6.07) is 8.29. The first-order valence-electron chi connectivity index (χ1n) is 7.56. The van der Waals surface area contributed by atoms with Crippen LogP contribution in [0.4, 0.5) is 5.69 Å². The summed E-state index contributed by atoms with van der Waals surface area (Å²) in [7, 11) is 0. The molecule has 0 aromatic heterocycles. The number of ether oxygens (including phenoxy) is 2. The van der Waals surface area contributed by atoms with E-state index in [1.165, 1.54) is 12.1 Å². The van der Waals surface area contributed by atoms with Gasteiger partial charge in [0, 0.05) is 19.6 Å². The number of rotatable bonds is 6. The zero-order valence-electron chi connectivity index (χ0n) is 12.6. The third kappa shape index (κ3) is 4.69. The van der Waals surface area contributed by atoms with Crippen molar-refractivity contribution in [2.75, 3.05) is 44.3 Å². The van der Waals surface area contributed by atoms with Gasteiger partial charge in [-0.3, -0.25) is 0 Å². The summed E-state index contributed by atoms with van der Waals surface area (Å²) in [6.07, 6.45) is 1.43. The molecule has 20 heavy (non-hydrogen) atoms. The fourth-order valence-corrected chi connectivity index (χ4v) is 2.36. The van der Waals surface area contributed by atoms with Crippen LogP contribution in [0.1, 0.15) is 20.3 Å². The molecule has 0 amide bonds. The van der Waals surface area contributed by atoms with Gasteiger partial charge in [0.05, 0.1) is 18.4 Å². The molecule has 1 aromatic carbocycles. The molecule has 1 aliphatic heterocycles. The number of para-hydroxylation sites is 2. The van der Waals surface area contributed by atoms with E-state index in [0.29, 0.717) is 13.2 Å². The quantitative estimate of drug-likeness (QED) is 0.810. The Kier molecular flexibility index (Phi) is 6.15. The van der Waals surface area contributed by atoms with E-state index in [4.69, 9.17) is 9.47 Å². The molecule has 1 aromatic rings. The maximum Gasteiger partial charge on any atom is 0.142 e. The van der Waals surface area contributed by atoms with Crippen LogP contribution in [0.25, 0.3) is 0 Å². The molecule has 0 unspecified atom stereocenters. The smallest absolute Gasteiger partial charge is 0.142 e. The van der Waals surface area contributed by atoms with Crippen molar-refractivity contribution in [1.82, 2.24) is 5.32 Å². The number of nitrogens with zero attached hydrogens (tertiary/aromatic N) is 1. The van der Waals surface area contributed by atoms with Gasteiger partial charge in [0.15, 0.2) is 0 Å². The molecule has 1 aliphatic rings. The van der Waals surface area contributed by atoms with Crippen molar-refractivity contribution in [2.24, 2.45) is 0 Å². The number of benzene rings is 1.